The summed E-state index contributed by atoms with van der Waals surface area (Å²) in [6, 6.07) is 6.07. The molecule has 6 nitrogen and oxygen atoms in total. The maximum absolute atomic E-state index is 9.99. The quantitative estimate of drug-likeness (QED) is 0.390. The highest BCUT2D eigenvalue weighted by Crippen LogP contribution is 2.31. The number of aliphatic imine (C=N–C) groups is 1. The minimum Gasteiger partial charge on any atom is -0.486 e. The Kier molecular flexibility index (Phi) is 8.27. The van der Waals surface area contributed by atoms with E-state index in [9.17, 15) is 5.11 Å². The average molecular weight is 475 g/mol. The second-order valence-corrected chi connectivity index (χ2v) is 6.79. The lowest BCUT2D eigenvalue weighted by Gasteiger charge is -2.24. The number of benzene rings is 1. The van der Waals surface area contributed by atoms with Crippen LogP contribution in [-0.4, -0.2) is 55.4 Å². The molecule has 0 aromatic heterocycles. The van der Waals surface area contributed by atoms with Crippen LogP contribution in [0.25, 0.3) is 0 Å². The summed E-state index contributed by atoms with van der Waals surface area (Å²) in [5.74, 6) is 2.79. The summed E-state index contributed by atoms with van der Waals surface area (Å²) < 4.78 is 11.2. The zero-order valence-electron chi connectivity index (χ0n) is 15.6. The van der Waals surface area contributed by atoms with Crippen molar-refractivity contribution in [2.45, 2.75) is 38.8 Å². The van der Waals surface area contributed by atoms with Gasteiger partial charge in [0.2, 0.25) is 0 Å². The van der Waals surface area contributed by atoms with Gasteiger partial charge in [-0.15, -0.1) is 24.0 Å². The first-order valence-electron chi connectivity index (χ1n) is 9.23. The Labute approximate surface area is 173 Å². The number of nitrogens with one attached hydrogen (secondary N) is 1. The molecule has 146 valence electrons. The largest absolute Gasteiger partial charge is 0.486 e. The Morgan fingerprint density at radius 2 is 2.04 bits per heavy atom. The lowest BCUT2D eigenvalue weighted by atomic mass is 10.1. The van der Waals surface area contributed by atoms with Crippen molar-refractivity contribution in [1.82, 2.24) is 10.2 Å². The maximum atomic E-state index is 9.99. The van der Waals surface area contributed by atoms with E-state index in [0.29, 0.717) is 19.8 Å². The van der Waals surface area contributed by atoms with Crippen LogP contribution in [0.3, 0.4) is 0 Å². The highest BCUT2D eigenvalue weighted by atomic mass is 127. The number of halogens is 1. The normalized spacial score (nSPS) is 21.9. The van der Waals surface area contributed by atoms with Gasteiger partial charge in [-0.3, -0.25) is 4.99 Å². The molecular weight excluding hydrogens is 445 g/mol. The van der Waals surface area contributed by atoms with Gasteiger partial charge in [0.05, 0.1) is 6.10 Å². The van der Waals surface area contributed by atoms with E-state index in [4.69, 9.17) is 14.5 Å². The standard InChI is InChI=1S/C19H29N3O3.HI/c1-3-20-19(21-12-15-5-4-6-16(15)23)22(2)13-14-7-8-17-18(11-14)25-10-9-24-17;/h7-8,11,15-16,23H,3-6,9-10,12-13H2,1-2H3,(H,20,21);1H. The van der Waals surface area contributed by atoms with Crippen LogP contribution in [0.2, 0.25) is 0 Å². The Morgan fingerprint density at radius 1 is 1.27 bits per heavy atom. The van der Waals surface area contributed by atoms with Gasteiger partial charge in [0.1, 0.15) is 13.2 Å². The van der Waals surface area contributed by atoms with E-state index >= 15 is 0 Å². The summed E-state index contributed by atoms with van der Waals surface area (Å²) in [4.78, 5) is 6.85. The molecule has 1 saturated carbocycles. The first kappa shape index (κ1) is 21.1. The monoisotopic (exact) mass is 475 g/mol. The number of aliphatic hydroxyl groups excluding tert-OH is 1. The lowest BCUT2D eigenvalue weighted by Crippen LogP contribution is -2.39. The number of hydrogen-bond acceptors (Lipinski definition) is 4. The molecule has 7 heteroatoms. The fourth-order valence-electron chi connectivity index (χ4n) is 3.44. The van der Waals surface area contributed by atoms with Crippen molar-refractivity contribution in [1.29, 1.82) is 0 Å². The van der Waals surface area contributed by atoms with Gasteiger partial charge in [-0.25, -0.2) is 0 Å². The van der Waals surface area contributed by atoms with Gasteiger partial charge < -0.3 is 24.8 Å². The van der Waals surface area contributed by atoms with Crippen molar-refractivity contribution in [3.63, 3.8) is 0 Å². The molecule has 2 aliphatic rings. The number of fused-ring (bicyclic) bond motifs is 1. The predicted molar refractivity (Wildman–Crippen MR) is 114 cm³/mol. The molecule has 2 unspecified atom stereocenters. The predicted octanol–water partition coefficient (Wildman–Crippen LogP) is 2.63. The zero-order chi connectivity index (χ0) is 17.6. The number of aliphatic hydroxyl groups is 1. The third-order valence-corrected chi connectivity index (χ3v) is 4.82. The number of hydrogen-bond donors (Lipinski definition) is 2. The van der Waals surface area contributed by atoms with Crippen LogP contribution in [0.4, 0.5) is 0 Å². The fraction of sp³-hybridized carbons (Fsp3) is 0.632. The van der Waals surface area contributed by atoms with Gasteiger partial charge in [-0.1, -0.05) is 12.5 Å². The van der Waals surface area contributed by atoms with Crippen molar-refractivity contribution in [2.75, 3.05) is 33.4 Å². The summed E-state index contributed by atoms with van der Waals surface area (Å²) in [5.41, 5.74) is 1.15. The van der Waals surface area contributed by atoms with Gasteiger partial charge in [-0.05, 0) is 37.5 Å². The Hall–Kier alpha value is -1.22. The molecule has 0 saturated heterocycles. The van der Waals surface area contributed by atoms with Crippen molar-refractivity contribution in [2.24, 2.45) is 10.9 Å². The summed E-state index contributed by atoms with van der Waals surface area (Å²) in [6.07, 6.45) is 2.87. The molecule has 1 aromatic rings. The maximum Gasteiger partial charge on any atom is 0.193 e. The van der Waals surface area contributed by atoms with Crippen molar-refractivity contribution in [3.05, 3.63) is 23.8 Å². The molecule has 1 aliphatic heterocycles. The average Bonchev–Trinajstić information content (AvgIpc) is 3.03. The van der Waals surface area contributed by atoms with E-state index < -0.39 is 0 Å². The molecule has 0 spiro atoms. The number of ether oxygens (including phenoxy) is 2. The molecule has 3 rings (SSSR count). The van der Waals surface area contributed by atoms with Crippen LogP contribution >= 0.6 is 24.0 Å². The molecule has 2 N–H and O–H groups in total. The Bertz CT molecular complexity index is 612. The SMILES string of the molecule is CCNC(=NCC1CCCC1O)N(C)Cc1ccc2c(c1)OCCO2.I. The smallest absolute Gasteiger partial charge is 0.193 e. The van der Waals surface area contributed by atoms with Crippen LogP contribution in [0.15, 0.2) is 23.2 Å². The van der Waals surface area contributed by atoms with E-state index in [-0.39, 0.29) is 36.0 Å². The third kappa shape index (κ3) is 5.39. The molecule has 1 heterocycles. The minimum atomic E-state index is -0.199. The molecular formula is C19H30IN3O3. The molecule has 1 fully saturated rings. The summed E-state index contributed by atoms with van der Waals surface area (Å²) in [7, 11) is 2.03. The first-order chi connectivity index (χ1) is 12.2. The molecule has 0 bridgehead atoms. The van der Waals surface area contributed by atoms with E-state index in [1.54, 1.807) is 0 Å². The van der Waals surface area contributed by atoms with Crippen molar-refractivity contribution in [3.8, 4) is 11.5 Å². The number of nitrogens with zero attached hydrogens (tertiary/aromatic N) is 2. The zero-order valence-corrected chi connectivity index (χ0v) is 17.9. The van der Waals surface area contributed by atoms with Gasteiger partial charge in [0, 0.05) is 32.6 Å². The summed E-state index contributed by atoms with van der Waals surface area (Å²) >= 11 is 0. The molecule has 0 radical (unpaired) electrons. The summed E-state index contributed by atoms with van der Waals surface area (Å²) in [6.45, 7) is 5.50. The van der Waals surface area contributed by atoms with E-state index in [1.165, 1.54) is 0 Å². The van der Waals surface area contributed by atoms with Gasteiger partial charge in [0.25, 0.3) is 0 Å². The lowest BCUT2D eigenvalue weighted by molar-refractivity contribution is 0.136. The van der Waals surface area contributed by atoms with Gasteiger partial charge in [0.15, 0.2) is 17.5 Å². The van der Waals surface area contributed by atoms with E-state index in [0.717, 1.165) is 55.4 Å². The highest BCUT2D eigenvalue weighted by Gasteiger charge is 2.25. The number of guanidine groups is 1. The second-order valence-electron chi connectivity index (χ2n) is 6.79. The van der Waals surface area contributed by atoms with Gasteiger partial charge >= 0.3 is 0 Å². The topological polar surface area (TPSA) is 66.3 Å². The van der Waals surface area contributed by atoms with Gasteiger partial charge in [-0.2, -0.15) is 0 Å². The van der Waals surface area contributed by atoms with Crippen LogP contribution in [0.1, 0.15) is 31.7 Å². The second kappa shape index (κ2) is 10.2. The molecule has 1 aliphatic carbocycles. The van der Waals surface area contributed by atoms with Crippen LogP contribution < -0.4 is 14.8 Å². The third-order valence-electron chi connectivity index (χ3n) is 4.82. The summed E-state index contributed by atoms with van der Waals surface area (Å²) in [5, 5.41) is 13.3. The molecule has 2 atom stereocenters. The van der Waals surface area contributed by atoms with Crippen LogP contribution in [0, 0.1) is 5.92 Å². The van der Waals surface area contributed by atoms with Crippen LogP contribution in [0.5, 0.6) is 11.5 Å². The van der Waals surface area contributed by atoms with Crippen LogP contribution in [-0.2, 0) is 6.54 Å². The molecule has 26 heavy (non-hydrogen) atoms. The van der Waals surface area contributed by atoms with E-state index in [1.807, 2.05) is 19.2 Å². The first-order valence-corrected chi connectivity index (χ1v) is 9.23. The fourth-order valence-corrected chi connectivity index (χ4v) is 3.44. The Balaban J connectivity index is 0.00000243. The number of rotatable bonds is 5. The Morgan fingerprint density at radius 3 is 2.73 bits per heavy atom. The molecule has 0 amide bonds. The highest BCUT2D eigenvalue weighted by molar-refractivity contribution is 14.0. The minimum absolute atomic E-state index is 0. The van der Waals surface area contributed by atoms with E-state index in [2.05, 4.69) is 23.2 Å². The van der Waals surface area contributed by atoms with Crippen molar-refractivity contribution < 1.29 is 14.6 Å². The molecule has 1 aromatic carbocycles. The van der Waals surface area contributed by atoms with Crippen molar-refractivity contribution >= 4 is 29.9 Å².